The van der Waals surface area contributed by atoms with Gasteiger partial charge in [-0.15, -0.1) is 0 Å². The standard InChI is InChI=1S/C19H23N2O.C3H7.Al/c1-15-6-5-7-16(2)19(15)20-14-17-8-3-4-9-18(17)21-10-12-22-13-11-21;1-3-2;/h3-9H,10-14H2,1-2H3;3H,1-2H3;/q-1;;+2. The van der Waals surface area contributed by atoms with Crippen LogP contribution in [0.25, 0.3) is 0 Å². The van der Waals surface area contributed by atoms with Crippen LogP contribution in [0, 0.1) is 13.8 Å². The maximum atomic E-state index is 5.55. The second kappa shape index (κ2) is 8.95. The summed E-state index contributed by atoms with van der Waals surface area (Å²) < 4.78 is 8.89. The molecule has 0 radical (unpaired) electrons. The molecule has 26 heavy (non-hydrogen) atoms. The van der Waals surface area contributed by atoms with E-state index in [1.165, 1.54) is 28.1 Å². The van der Waals surface area contributed by atoms with Crippen molar-refractivity contribution in [2.45, 2.75) is 39.0 Å². The van der Waals surface area contributed by atoms with Gasteiger partial charge >= 0.3 is 165 Å². The molecule has 0 amide bonds. The number of nitrogens with zero attached hydrogens (tertiary/aromatic N) is 2. The number of ether oxygens (including phenoxy) is 1. The Balaban J connectivity index is 1.93. The molecule has 2 aromatic carbocycles. The fourth-order valence-electron chi connectivity index (χ4n) is 3.77. The van der Waals surface area contributed by atoms with E-state index >= 15 is 0 Å². The molecule has 0 bridgehead atoms. The minimum absolute atomic E-state index is 0.196. The van der Waals surface area contributed by atoms with Crippen molar-refractivity contribution in [1.29, 1.82) is 0 Å². The topological polar surface area (TPSA) is 15.7 Å². The Morgan fingerprint density at radius 2 is 1.65 bits per heavy atom. The van der Waals surface area contributed by atoms with E-state index in [1.807, 2.05) is 0 Å². The van der Waals surface area contributed by atoms with Crippen LogP contribution in [0.3, 0.4) is 0 Å². The van der Waals surface area contributed by atoms with Gasteiger partial charge in [-0.2, -0.15) is 0 Å². The molecule has 136 valence electrons. The van der Waals surface area contributed by atoms with Crippen molar-refractivity contribution in [2.75, 3.05) is 35.1 Å². The van der Waals surface area contributed by atoms with Crippen molar-refractivity contribution in [2.24, 2.45) is 0 Å². The molecule has 0 aromatic heterocycles. The number of anilines is 2. The van der Waals surface area contributed by atoms with Gasteiger partial charge in [0.25, 0.3) is 0 Å². The molecule has 0 unspecified atom stereocenters. The SMILES string of the molecule is Cc1cccc(C)c1[N](Cc1ccccc1N1CCOCC1)[Al+][CH](C)C. The van der Waals surface area contributed by atoms with Crippen molar-refractivity contribution in [3.8, 4) is 0 Å². The Hall–Kier alpha value is -1.47. The molecule has 3 rings (SSSR count). The zero-order valence-corrected chi connectivity index (χ0v) is 17.7. The molecule has 1 saturated heterocycles. The first-order chi connectivity index (χ1) is 12.6. The van der Waals surface area contributed by atoms with Gasteiger partial charge in [0.15, 0.2) is 0 Å². The summed E-state index contributed by atoms with van der Waals surface area (Å²) in [5, 5.41) is 0. The molecule has 1 fully saturated rings. The van der Waals surface area contributed by atoms with Gasteiger partial charge in [0, 0.05) is 0 Å². The minimum atomic E-state index is 0.196. The summed E-state index contributed by atoms with van der Waals surface area (Å²) in [5.41, 5.74) is 6.97. The van der Waals surface area contributed by atoms with Crippen molar-refractivity contribution < 1.29 is 4.74 Å². The first kappa shape index (κ1) is 19.3. The van der Waals surface area contributed by atoms with E-state index in [9.17, 15) is 0 Å². The average molecular weight is 365 g/mol. The molecule has 0 aliphatic carbocycles. The second-order valence-corrected chi connectivity index (χ2v) is 9.74. The average Bonchev–Trinajstić information content (AvgIpc) is 2.62. The summed E-state index contributed by atoms with van der Waals surface area (Å²) in [6, 6.07) is 15.5. The van der Waals surface area contributed by atoms with Crippen molar-refractivity contribution >= 4 is 26.8 Å². The van der Waals surface area contributed by atoms with Gasteiger partial charge in [-0.1, -0.05) is 0 Å². The Morgan fingerprint density at radius 3 is 2.31 bits per heavy atom. The maximum absolute atomic E-state index is 5.55. The third-order valence-electron chi connectivity index (χ3n) is 4.89. The van der Waals surface area contributed by atoms with Crippen LogP contribution < -0.4 is 8.78 Å². The number of rotatable bonds is 6. The zero-order chi connectivity index (χ0) is 18.5. The molecule has 1 aliphatic rings. The van der Waals surface area contributed by atoms with Gasteiger partial charge in [0.2, 0.25) is 0 Å². The summed E-state index contributed by atoms with van der Waals surface area (Å²) in [6.07, 6.45) is 0. The molecule has 0 N–H and O–H groups in total. The summed E-state index contributed by atoms with van der Waals surface area (Å²) >= 11 is 0.196. The number of benzene rings is 2. The van der Waals surface area contributed by atoms with E-state index < -0.39 is 0 Å². The zero-order valence-electron chi connectivity index (χ0n) is 16.5. The molecule has 4 heteroatoms. The van der Waals surface area contributed by atoms with Crippen molar-refractivity contribution in [3.63, 3.8) is 0 Å². The van der Waals surface area contributed by atoms with Crippen LogP contribution in [0.1, 0.15) is 30.5 Å². The summed E-state index contributed by atoms with van der Waals surface area (Å²) in [6.45, 7) is 13.7. The van der Waals surface area contributed by atoms with Gasteiger partial charge in [0.05, 0.1) is 0 Å². The van der Waals surface area contributed by atoms with Crippen LogP contribution in [0.5, 0.6) is 0 Å². The summed E-state index contributed by atoms with van der Waals surface area (Å²) in [5.74, 6) is 0. The van der Waals surface area contributed by atoms with E-state index in [0.717, 1.165) is 32.8 Å². The molecule has 0 saturated carbocycles. The predicted octanol–water partition coefficient (Wildman–Crippen LogP) is 4.59. The van der Waals surface area contributed by atoms with Crippen LogP contribution in [0.15, 0.2) is 42.5 Å². The third-order valence-corrected chi connectivity index (χ3v) is 6.29. The molecule has 2 aromatic rings. The van der Waals surface area contributed by atoms with Crippen LogP contribution in [-0.2, 0) is 11.3 Å². The number of aryl methyl sites for hydroxylation is 2. The van der Waals surface area contributed by atoms with E-state index in [4.69, 9.17) is 4.74 Å². The number of morpholine rings is 1. The molecule has 1 heterocycles. The van der Waals surface area contributed by atoms with Crippen molar-refractivity contribution in [1.82, 2.24) is 0 Å². The molecule has 0 atom stereocenters. The number of para-hydroxylation sites is 2. The molecule has 0 spiro atoms. The molecule has 3 nitrogen and oxygen atoms in total. The van der Waals surface area contributed by atoms with Gasteiger partial charge in [-0.05, 0) is 0 Å². The van der Waals surface area contributed by atoms with Crippen LogP contribution in [0.2, 0.25) is 4.78 Å². The first-order valence-electron chi connectivity index (χ1n) is 9.64. The van der Waals surface area contributed by atoms with Gasteiger partial charge in [-0.3, -0.25) is 0 Å². The fraction of sp³-hybridized carbons (Fsp3) is 0.455. The summed E-state index contributed by atoms with van der Waals surface area (Å²) in [4.78, 5) is 2.48. The first-order valence-corrected chi connectivity index (χ1v) is 10.8. The third kappa shape index (κ3) is 4.62. The van der Waals surface area contributed by atoms with Crippen molar-refractivity contribution in [3.05, 3.63) is 59.2 Å². The second-order valence-electron chi connectivity index (χ2n) is 7.49. The van der Waals surface area contributed by atoms with E-state index in [1.54, 1.807) is 0 Å². The van der Waals surface area contributed by atoms with E-state index in [2.05, 4.69) is 78.9 Å². The molecular formula is C22H30AlN2O+. The Bertz CT molecular complexity index is 706. The van der Waals surface area contributed by atoms with Gasteiger partial charge in [0.1, 0.15) is 0 Å². The Labute approximate surface area is 164 Å². The molecular weight excluding hydrogens is 335 g/mol. The van der Waals surface area contributed by atoms with Gasteiger partial charge < -0.3 is 0 Å². The quantitative estimate of drug-likeness (QED) is 0.696. The number of hydrogen-bond donors (Lipinski definition) is 0. The van der Waals surface area contributed by atoms with Gasteiger partial charge in [-0.25, -0.2) is 0 Å². The van der Waals surface area contributed by atoms with Crippen LogP contribution in [0.4, 0.5) is 11.4 Å². The normalized spacial score (nSPS) is 14.4. The van der Waals surface area contributed by atoms with Crippen LogP contribution >= 0.6 is 0 Å². The summed E-state index contributed by atoms with van der Waals surface area (Å²) in [7, 11) is 0. The Morgan fingerprint density at radius 1 is 1.00 bits per heavy atom. The predicted molar refractivity (Wildman–Crippen MR) is 112 cm³/mol. The monoisotopic (exact) mass is 365 g/mol. The fourth-order valence-corrected chi connectivity index (χ4v) is 5.34. The number of hydrogen-bond acceptors (Lipinski definition) is 3. The Kier molecular flexibility index (Phi) is 6.64. The van der Waals surface area contributed by atoms with E-state index in [0.29, 0.717) is 4.78 Å². The molecule has 1 aliphatic heterocycles. The van der Waals surface area contributed by atoms with Crippen LogP contribution in [-0.4, -0.2) is 41.7 Å². The van der Waals surface area contributed by atoms with E-state index in [-0.39, 0.29) is 15.4 Å².